The predicted molar refractivity (Wildman–Crippen MR) is 151 cm³/mol. The molecule has 2 N–H and O–H groups in total. The molecule has 0 saturated heterocycles. The number of hydrogen-bond donors (Lipinski definition) is 2. The zero-order chi connectivity index (χ0) is 29.6. The number of hydroxylamine groups is 2. The third-order valence-electron chi connectivity index (χ3n) is 6.01. The molecule has 0 radical (unpaired) electrons. The van der Waals surface area contributed by atoms with E-state index in [2.05, 4.69) is 15.7 Å². The number of nitrogens with zero attached hydrogens (tertiary/aromatic N) is 3. The van der Waals surface area contributed by atoms with E-state index in [1.54, 1.807) is 35.9 Å². The Morgan fingerprint density at radius 1 is 0.976 bits per heavy atom. The van der Waals surface area contributed by atoms with E-state index in [1.165, 1.54) is 0 Å². The number of imide groups is 1. The first-order chi connectivity index (χ1) is 19.5. The number of ether oxygens (including phenoxy) is 2. The molecule has 3 aromatic rings. The van der Waals surface area contributed by atoms with E-state index in [0.717, 1.165) is 28.6 Å². The Labute approximate surface area is 239 Å². The van der Waals surface area contributed by atoms with Crippen molar-refractivity contribution in [3.63, 3.8) is 0 Å². The first-order valence-corrected chi connectivity index (χ1v) is 13.5. The lowest BCUT2D eigenvalue weighted by molar-refractivity contribution is -0.716. The minimum atomic E-state index is -0.536. The summed E-state index contributed by atoms with van der Waals surface area (Å²) >= 11 is 0. The summed E-state index contributed by atoms with van der Waals surface area (Å²) in [6, 6.07) is 18.0. The number of alkyl carbamates (subject to hydrolysis) is 1. The topological polar surface area (TPSA) is 123 Å². The van der Waals surface area contributed by atoms with Crippen LogP contribution in [0.1, 0.15) is 54.8 Å². The lowest BCUT2D eigenvalue weighted by Gasteiger charge is -2.19. The van der Waals surface area contributed by atoms with Gasteiger partial charge in [0.05, 0.1) is 17.7 Å². The summed E-state index contributed by atoms with van der Waals surface area (Å²) < 4.78 is 12.8. The average Bonchev–Trinajstić information content (AvgIpc) is 3.16. The van der Waals surface area contributed by atoms with Gasteiger partial charge in [0.25, 0.3) is 17.6 Å². The molecule has 11 heteroatoms. The van der Waals surface area contributed by atoms with Crippen molar-refractivity contribution in [1.82, 2.24) is 15.5 Å². The molecule has 41 heavy (non-hydrogen) atoms. The van der Waals surface area contributed by atoms with Crippen LogP contribution in [0.4, 0.5) is 10.6 Å². The molecule has 1 atom stereocenters. The van der Waals surface area contributed by atoms with Crippen LogP contribution in [-0.2, 0) is 16.6 Å². The molecule has 1 aliphatic rings. The second kappa shape index (κ2) is 12.8. The van der Waals surface area contributed by atoms with Gasteiger partial charge in [-0.1, -0.05) is 17.2 Å². The largest absolute Gasteiger partial charge is 0.491 e. The van der Waals surface area contributed by atoms with Crippen LogP contribution in [-0.4, -0.2) is 59.5 Å². The van der Waals surface area contributed by atoms with Crippen molar-refractivity contribution in [2.45, 2.75) is 45.8 Å². The molecule has 0 spiro atoms. The first-order valence-electron chi connectivity index (χ1n) is 13.5. The number of carbonyl (C=O) groups is 3. The molecule has 0 aliphatic carbocycles. The first kappa shape index (κ1) is 29.5. The number of benzene rings is 2. The fourth-order valence-electron chi connectivity index (χ4n) is 4.06. The maximum absolute atomic E-state index is 12.5. The third-order valence-corrected chi connectivity index (χ3v) is 6.01. The Bertz CT molecular complexity index is 1370. The molecule has 0 bridgehead atoms. The highest BCUT2D eigenvalue weighted by Gasteiger charge is 2.37. The number of carbonyl (C=O) groups excluding carboxylic acids is 3. The van der Waals surface area contributed by atoms with Crippen molar-refractivity contribution >= 4 is 23.7 Å². The Balaban J connectivity index is 1.22. The third kappa shape index (κ3) is 7.79. The Kier molecular flexibility index (Phi) is 9.18. The van der Waals surface area contributed by atoms with Gasteiger partial charge in [-0.3, -0.25) is 19.7 Å². The van der Waals surface area contributed by atoms with Crippen LogP contribution in [0.5, 0.6) is 5.75 Å². The van der Waals surface area contributed by atoms with Crippen LogP contribution < -0.4 is 20.1 Å². The van der Waals surface area contributed by atoms with E-state index in [-0.39, 0.29) is 6.61 Å². The molecule has 2 aromatic carbocycles. The molecule has 0 unspecified atom stereocenters. The van der Waals surface area contributed by atoms with Crippen LogP contribution in [0, 0.1) is 0 Å². The summed E-state index contributed by atoms with van der Waals surface area (Å²) in [6.45, 7) is 8.52. The minimum absolute atomic E-state index is 0.146. The standard InChI is InChI=1S/C30H35N5O6/c1-20(41-35-27(36)23-9-6-7-10-24(23)28(35)37)19-39-22-13-11-21(12-14-22)25-15-16-26(34(5)33-25)31-17-8-18-32-29(38)40-30(2,3)4/h6-7,9-16,20H,8,17-19H2,1-5H3,(H,32,38)/p+1/t20-/m0/s1. The fraction of sp³-hybridized carbons (Fsp3) is 0.367. The molecule has 1 aromatic heterocycles. The highest BCUT2D eigenvalue weighted by Crippen LogP contribution is 2.24. The lowest BCUT2D eigenvalue weighted by Crippen LogP contribution is -2.37. The number of rotatable bonds is 11. The normalized spacial score (nSPS) is 13.5. The Morgan fingerprint density at radius 3 is 2.24 bits per heavy atom. The SMILES string of the molecule is C[C@@H](COc1ccc(-c2ccc(NCCCNC(=O)OC(C)(C)C)[n+](C)n2)cc1)ON1C(=O)c2ccccc2C1=O. The number of hydrogen-bond acceptors (Lipinski definition) is 8. The zero-order valence-corrected chi connectivity index (χ0v) is 24.0. The molecular formula is C30H36N5O6+. The van der Waals surface area contributed by atoms with Crippen molar-refractivity contribution in [3.05, 3.63) is 71.8 Å². The summed E-state index contributed by atoms with van der Waals surface area (Å²) in [5.41, 5.74) is 1.85. The van der Waals surface area contributed by atoms with E-state index in [1.807, 2.05) is 64.2 Å². The molecular weight excluding hydrogens is 526 g/mol. The highest BCUT2D eigenvalue weighted by molar-refractivity contribution is 6.20. The number of aromatic nitrogens is 2. The second-order valence-electron chi connectivity index (χ2n) is 10.6. The molecule has 4 rings (SSSR count). The van der Waals surface area contributed by atoms with Gasteiger partial charge in [0.1, 0.15) is 36.8 Å². The van der Waals surface area contributed by atoms with E-state index in [0.29, 0.717) is 30.0 Å². The predicted octanol–water partition coefficient (Wildman–Crippen LogP) is 3.89. The van der Waals surface area contributed by atoms with Gasteiger partial charge in [-0.15, -0.1) is 9.75 Å². The summed E-state index contributed by atoms with van der Waals surface area (Å²) in [7, 11) is 1.86. The van der Waals surface area contributed by atoms with Crippen LogP contribution in [0.15, 0.2) is 60.7 Å². The quantitative estimate of drug-likeness (QED) is 0.205. The molecule has 3 amide bonds. The van der Waals surface area contributed by atoms with Gasteiger partial charge in [-0.05, 0) is 70.2 Å². The summed E-state index contributed by atoms with van der Waals surface area (Å²) in [5, 5.41) is 11.5. The van der Waals surface area contributed by atoms with Crippen LogP contribution >= 0.6 is 0 Å². The summed E-state index contributed by atoms with van der Waals surface area (Å²) in [6.07, 6.45) is -0.231. The second-order valence-corrected chi connectivity index (χ2v) is 10.6. The number of anilines is 1. The summed E-state index contributed by atoms with van der Waals surface area (Å²) in [5.74, 6) is 0.519. The highest BCUT2D eigenvalue weighted by atomic mass is 16.7. The van der Waals surface area contributed by atoms with Crippen molar-refractivity contribution in [3.8, 4) is 17.0 Å². The Hall–Kier alpha value is -4.51. The molecule has 0 fully saturated rings. The number of amides is 3. The van der Waals surface area contributed by atoms with E-state index >= 15 is 0 Å². The maximum Gasteiger partial charge on any atom is 0.407 e. The van der Waals surface area contributed by atoms with Gasteiger partial charge in [-0.25, -0.2) is 4.79 Å². The van der Waals surface area contributed by atoms with Gasteiger partial charge in [0.15, 0.2) is 0 Å². The van der Waals surface area contributed by atoms with Crippen LogP contribution in [0.2, 0.25) is 0 Å². The lowest BCUT2D eigenvalue weighted by atomic mass is 10.1. The number of fused-ring (bicyclic) bond motifs is 1. The molecule has 1 aliphatic heterocycles. The average molecular weight is 563 g/mol. The fourth-order valence-corrected chi connectivity index (χ4v) is 4.06. The van der Waals surface area contributed by atoms with Gasteiger partial charge in [-0.2, -0.15) is 0 Å². The van der Waals surface area contributed by atoms with Gasteiger partial charge in [0, 0.05) is 24.6 Å². The van der Waals surface area contributed by atoms with Crippen molar-refractivity contribution < 1.29 is 33.4 Å². The molecule has 216 valence electrons. The molecule has 2 heterocycles. The number of aryl methyl sites for hydroxylation is 1. The van der Waals surface area contributed by atoms with Gasteiger partial charge >= 0.3 is 6.09 Å². The Morgan fingerprint density at radius 2 is 1.63 bits per heavy atom. The van der Waals surface area contributed by atoms with Gasteiger partial charge < -0.3 is 14.8 Å². The molecule has 0 saturated carbocycles. The molecule has 11 nitrogen and oxygen atoms in total. The minimum Gasteiger partial charge on any atom is -0.491 e. The zero-order valence-electron chi connectivity index (χ0n) is 24.0. The van der Waals surface area contributed by atoms with Crippen LogP contribution in [0.3, 0.4) is 0 Å². The monoisotopic (exact) mass is 562 g/mol. The van der Waals surface area contributed by atoms with E-state index < -0.39 is 29.6 Å². The van der Waals surface area contributed by atoms with Crippen molar-refractivity contribution in [2.24, 2.45) is 7.05 Å². The van der Waals surface area contributed by atoms with E-state index in [4.69, 9.17) is 14.3 Å². The van der Waals surface area contributed by atoms with Crippen molar-refractivity contribution in [2.75, 3.05) is 25.0 Å². The van der Waals surface area contributed by atoms with Gasteiger partial charge in [0.2, 0.25) is 0 Å². The van der Waals surface area contributed by atoms with Crippen LogP contribution in [0.25, 0.3) is 11.3 Å². The van der Waals surface area contributed by atoms with E-state index in [9.17, 15) is 14.4 Å². The van der Waals surface area contributed by atoms with Crippen molar-refractivity contribution in [1.29, 1.82) is 0 Å². The summed E-state index contributed by atoms with van der Waals surface area (Å²) in [4.78, 5) is 42.3. The smallest absolute Gasteiger partial charge is 0.407 e. The number of nitrogens with one attached hydrogen (secondary N) is 2. The maximum atomic E-state index is 12.5.